The van der Waals surface area contributed by atoms with Gasteiger partial charge in [0.2, 0.25) is 0 Å². The summed E-state index contributed by atoms with van der Waals surface area (Å²) in [5.41, 5.74) is 3.62. The van der Waals surface area contributed by atoms with Crippen LogP contribution >= 0.6 is 0 Å². The molecule has 8 atom stereocenters. The molecule has 0 spiro atoms. The topological polar surface area (TPSA) is 83.8 Å². The lowest BCUT2D eigenvalue weighted by Crippen LogP contribution is -2.56. The predicted octanol–water partition coefficient (Wildman–Crippen LogP) is 7.33. The Morgan fingerprint density at radius 1 is 1.05 bits per heavy atom. The van der Waals surface area contributed by atoms with Crippen molar-refractivity contribution in [2.75, 3.05) is 0 Å². The van der Waals surface area contributed by atoms with E-state index in [1.54, 1.807) is 5.57 Å². The number of hydrogen-bond donors (Lipinski definition) is 2. The molecule has 0 aliphatic heterocycles. The van der Waals surface area contributed by atoms with Crippen LogP contribution in [-0.4, -0.2) is 34.4 Å². The normalized spacial score (nSPS) is 40.7. The van der Waals surface area contributed by atoms with E-state index in [0.29, 0.717) is 31.1 Å². The number of carbonyl (C=O) groups excluding carboxylic acids is 1. The maximum Gasteiger partial charge on any atom is 0.306 e. The lowest BCUT2D eigenvalue weighted by atomic mass is 9.43. The number of allylic oxidation sites excluding steroid dienone is 3. The summed E-state index contributed by atoms with van der Waals surface area (Å²) in [5, 5.41) is 22.0. The maximum absolute atomic E-state index is 12.6. The molecule has 0 aromatic rings. The maximum atomic E-state index is 12.6. The van der Waals surface area contributed by atoms with Gasteiger partial charge in [0.15, 0.2) is 0 Å². The third-order valence-corrected chi connectivity index (χ3v) is 12.4. The molecule has 2 saturated carbocycles. The van der Waals surface area contributed by atoms with Gasteiger partial charge < -0.3 is 14.9 Å². The molecule has 2 fully saturated rings. The van der Waals surface area contributed by atoms with Gasteiger partial charge in [-0.05, 0) is 85.9 Å². The van der Waals surface area contributed by atoms with Crippen LogP contribution in [0.4, 0.5) is 0 Å². The number of carboxylic acids is 1. The Morgan fingerprint density at radius 2 is 1.71 bits per heavy atom. The highest BCUT2D eigenvalue weighted by Gasteiger charge is 2.66. The van der Waals surface area contributed by atoms with Crippen LogP contribution < -0.4 is 0 Å². The zero-order valence-electron chi connectivity index (χ0n) is 25.2. The van der Waals surface area contributed by atoms with Gasteiger partial charge in [0.05, 0.1) is 12.0 Å². The van der Waals surface area contributed by atoms with Crippen LogP contribution in [0.3, 0.4) is 0 Å². The molecule has 4 rings (SSSR count). The van der Waals surface area contributed by atoms with Crippen molar-refractivity contribution >= 4 is 11.9 Å². The first-order valence-electron chi connectivity index (χ1n) is 15.0. The van der Waals surface area contributed by atoms with E-state index in [2.05, 4.69) is 55.0 Å². The van der Waals surface area contributed by atoms with Crippen LogP contribution in [0, 0.1) is 45.3 Å². The minimum absolute atomic E-state index is 0.0440. The van der Waals surface area contributed by atoms with Crippen LogP contribution in [0.2, 0.25) is 0 Å². The largest absolute Gasteiger partial charge is 0.481 e. The van der Waals surface area contributed by atoms with E-state index in [0.717, 1.165) is 44.1 Å². The molecule has 2 N–H and O–H groups in total. The number of fused-ring (bicyclic) bond motifs is 4. The molecule has 5 nitrogen and oxygen atoms in total. The highest BCUT2D eigenvalue weighted by Crippen LogP contribution is 2.72. The van der Waals surface area contributed by atoms with Crippen molar-refractivity contribution in [2.45, 2.75) is 125 Å². The summed E-state index contributed by atoms with van der Waals surface area (Å²) >= 11 is 0. The molecule has 214 valence electrons. The number of ether oxygens (including phenoxy) is 1. The van der Waals surface area contributed by atoms with Crippen molar-refractivity contribution in [3.05, 3.63) is 23.3 Å². The number of aliphatic hydroxyl groups is 1. The first kappa shape index (κ1) is 29.4. The van der Waals surface area contributed by atoms with Crippen LogP contribution in [0.15, 0.2) is 23.3 Å². The van der Waals surface area contributed by atoms with Crippen LogP contribution in [0.25, 0.3) is 0 Å². The fourth-order valence-electron chi connectivity index (χ4n) is 9.98. The number of carboxylic acid groups (broad SMARTS) is 1. The highest BCUT2D eigenvalue weighted by atomic mass is 16.5. The van der Waals surface area contributed by atoms with Crippen molar-refractivity contribution in [3.8, 4) is 0 Å². The number of rotatable bonds is 7. The van der Waals surface area contributed by atoms with Crippen molar-refractivity contribution in [1.82, 2.24) is 0 Å². The minimum atomic E-state index is -0.780. The summed E-state index contributed by atoms with van der Waals surface area (Å²) in [6.45, 7) is 21.5. The Kier molecular flexibility index (Phi) is 7.56. The molecule has 4 aliphatic carbocycles. The summed E-state index contributed by atoms with van der Waals surface area (Å²) in [6.07, 6.45) is 6.98. The van der Waals surface area contributed by atoms with Crippen molar-refractivity contribution in [3.63, 3.8) is 0 Å². The number of esters is 1. The van der Waals surface area contributed by atoms with E-state index in [4.69, 9.17) is 4.74 Å². The molecule has 0 heterocycles. The van der Waals surface area contributed by atoms with Crippen molar-refractivity contribution in [2.24, 2.45) is 45.3 Å². The lowest BCUT2D eigenvalue weighted by molar-refractivity contribution is -0.167. The molecular formula is C33H52O5. The Bertz CT molecular complexity index is 1020. The second kappa shape index (κ2) is 9.78. The van der Waals surface area contributed by atoms with Gasteiger partial charge in [-0.25, -0.2) is 0 Å². The summed E-state index contributed by atoms with van der Waals surface area (Å²) in [4.78, 5) is 24.5. The molecule has 0 aromatic carbocycles. The predicted molar refractivity (Wildman–Crippen MR) is 150 cm³/mol. The average molecular weight is 529 g/mol. The Morgan fingerprint density at radius 3 is 2.29 bits per heavy atom. The van der Waals surface area contributed by atoms with Crippen LogP contribution in [0.5, 0.6) is 0 Å². The number of aliphatic carboxylic acids is 1. The van der Waals surface area contributed by atoms with Gasteiger partial charge in [0, 0.05) is 18.3 Å². The first-order valence-corrected chi connectivity index (χ1v) is 15.0. The van der Waals surface area contributed by atoms with Gasteiger partial charge >= 0.3 is 11.9 Å². The average Bonchev–Trinajstić information content (AvgIpc) is 3.01. The first-order chi connectivity index (χ1) is 17.5. The molecule has 5 heteroatoms. The fourth-order valence-corrected chi connectivity index (χ4v) is 9.98. The van der Waals surface area contributed by atoms with E-state index in [1.165, 1.54) is 12.5 Å². The molecule has 0 bridgehead atoms. The summed E-state index contributed by atoms with van der Waals surface area (Å²) in [7, 11) is 0. The molecule has 0 saturated heterocycles. The standard InChI is InChI=1S/C33H52O5/c1-19(2)20(3)10-11-22(29(36)37)28-25(35)18-33(9)24-12-13-26-30(5,6)27(38-21(4)34)15-16-31(26,7)23(24)14-17-32(28,33)8/h19,22,25-28,35H,3,10-18H2,1-2,4-9H3,(H,36,37)/t22?,25?,26?,27?,28?,31-,32-,33+/m1/s1. The van der Waals surface area contributed by atoms with Crippen LogP contribution in [-0.2, 0) is 14.3 Å². The number of carbonyl (C=O) groups is 2. The monoisotopic (exact) mass is 528 g/mol. The molecule has 0 radical (unpaired) electrons. The van der Waals surface area contributed by atoms with Crippen molar-refractivity contribution in [1.29, 1.82) is 0 Å². The lowest BCUT2D eigenvalue weighted by Gasteiger charge is -2.62. The number of aliphatic hydroxyl groups excluding tert-OH is 1. The van der Waals surface area contributed by atoms with Gasteiger partial charge in [-0.3, -0.25) is 9.59 Å². The second-order valence-electron chi connectivity index (χ2n) is 14.8. The Hall–Kier alpha value is -1.62. The van der Waals surface area contributed by atoms with Crippen molar-refractivity contribution < 1.29 is 24.5 Å². The third kappa shape index (κ3) is 4.30. The molecule has 0 aromatic heterocycles. The van der Waals surface area contributed by atoms with Crippen LogP contribution in [0.1, 0.15) is 113 Å². The molecule has 38 heavy (non-hydrogen) atoms. The molecule has 0 amide bonds. The van der Waals surface area contributed by atoms with E-state index < -0.39 is 18.0 Å². The smallest absolute Gasteiger partial charge is 0.306 e. The number of hydrogen-bond acceptors (Lipinski definition) is 4. The third-order valence-electron chi connectivity index (χ3n) is 12.4. The SMILES string of the molecule is C=C(CCC(C(=O)O)C1C(O)C[C@@]2(C)C3=C(CC[C@]12C)[C@@]1(C)CCC(OC(C)=O)C(C)(C)C1CC3)C(C)C. The van der Waals surface area contributed by atoms with Gasteiger partial charge in [-0.1, -0.05) is 71.8 Å². The fraction of sp³-hybridized carbons (Fsp3) is 0.818. The second-order valence-corrected chi connectivity index (χ2v) is 14.8. The minimum Gasteiger partial charge on any atom is -0.481 e. The van der Waals surface area contributed by atoms with Gasteiger partial charge in [-0.2, -0.15) is 0 Å². The van der Waals surface area contributed by atoms with Gasteiger partial charge in [0.1, 0.15) is 6.10 Å². The van der Waals surface area contributed by atoms with E-state index >= 15 is 0 Å². The van der Waals surface area contributed by atoms with Gasteiger partial charge in [-0.15, -0.1) is 0 Å². The Labute approximate surface area is 230 Å². The summed E-state index contributed by atoms with van der Waals surface area (Å²) < 4.78 is 5.82. The zero-order valence-corrected chi connectivity index (χ0v) is 25.2. The molecule has 5 unspecified atom stereocenters. The van der Waals surface area contributed by atoms with E-state index in [1.807, 2.05) is 0 Å². The zero-order chi connectivity index (χ0) is 28.4. The highest BCUT2D eigenvalue weighted by molar-refractivity contribution is 5.71. The Balaban J connectivity index is 1.69. The van der Waals surface area contributed by atoms with E-state index in [-0.39, 0.29) is 39.7 Å². The molecular weight excluding hydrogens is 476 g/mol. The quantitative estimate of drug-likeness (QED) is 0.267. The van der Waals surface area contributed by atoms with Gasteiger partial charge in [0.25, 0.3) is 0 Å². The summed E-state index contributed by atoms with van der Waals surface area (Å²) in [6, 6.07) is 0. The summed E-state index contributed by atoms with van der Waals surface area (Å²) in [5.74, 6) is -1.05. The molecule has 4 aliphatic rings. The van der Waals surface area contributed by atoms with E-state index in [9.17, 15) is 19.8 Å².